The minimum absolute atomic E-state index is 0.352. The number of hydrogen-bond acceptors (Lipinski definition) is 4. The number of carbonyl (C=O) groups excluding carboxylic acids is 1. The summed E-state index contributed by atoms with van der Waals surface area (Å²) in [5, 5.41) is 12.0. The minimum Gasteiger partial charge on any atom is -0.480 e. The van der Waals surface area contributed by atoms with Crippen molar-refractivity contribution in [3.05, 3.63) is 0 Å². The lowest BCUT2D eigenvalue weighted by Crippen LogP contribution is -2.63. The van der Waals surface area contributed by atoms with Crippen molar-refractivity contribution in [1.29, 1.82) is 0 Å². The maximum absolute atomic E-state index is 12.2. The summed E-state index contributed by atoms with van der Waals surface area (Å²) in [5.74, 6) is -1.31. The van der Waals surface area contributed by atoms with Crippen LogP contribution in [0.25, 0.3) is 0 Å². The summed E-state index contributed by atoms with van der Waals surface area (Å²) in [4.78, 5) is 23.6. The van der Waals surface area contributed by atoms with E-state index in [2.05, 4.69) is 5.32 Å². The molecule has 0 aromatic carbocycles. The molecule has 1 amide bonds. The Hall–Kier alpha value is -1.14. The predicted octanol–water partition coefficient (Wildman–Crippen LogP) is 0.00790. The van der Waals surface area contributed by atoms with Gasteiger partial charge in [-0.3, -0.25) is 4.79 Å². The van der Waals surface area contributed by atoms with Crippen molar-refractivity contribution >= 4 is 11.9 Å². The van der Waals surface area contributed by atoms with Gasteiger partial charge in [0.15, 0.2) is 0 Å². The molecule has 1 saturated heterocycles. The van der Waals surface area contributed by atoms with Crippen LogP contribution >= 0.6 is 0 Å². The molecule has 4 N–H and O–H groups in total. The predicted molar refractivity (Wildman–Crippen MR) is 63.9 cm³/mol. The highest BCUT2D eigenvalue weighted by atomic mass is 16.5. The van der Waals surface area contributed by atoms with Gasteiger partial charge in [0.25, 0.3) is 0 Å². The SMILES string of the molecule is NC1(C(=O)NC2(C(=O)O)CCCC2)CCOCC1. The number of carbonyl (C=O) groups is 2. The monoisotopic (exact) mass is 256 g/mol. The molecule has 18 heavy (non-hydrogen) atoms. The van der Waals surface area contributed by atoms with E-state index in [1.807, 2.05) is 0 Å². The molecule has 0 unspecified atom stereocenters. The van der Waals surface area contributed by atoms with Crippen LogP contribution in [0, 0.1) is 0 Å². The average molecular weight is 256 g/mol. The van der Waals surface area contributed by atoms with E-state index in [0.29, 0.717) is 38.9 Å². The van der Waals surface area contributed by atoms with Crippen LogP contribution in [0.4, 0.5) is 0 Å². The Morgan fingerprint density at radius 1 is 1.11 bits per heavy atom. The van der Waals surface area contributed by atoms with Crippen molar-refractivity contribution in [1.82, 2.24) is 5.32 Å². The molecule has 102 valence electrons. The lowest BCUT2D eigenvalue weighted by atomic mass is 9.88. The third-order valence-electron chi connectivity index (χ3n) is 4.06. The van der Waals surface area contributed by atoms with Crippen LogP contribution in [0.15, 0.2) is 0 Å². The van der Waals surface area contributed by atoms with Crippen LogP contribution in [0.5, 0.6) is 0 Å². The van der Waals surface area contributed by atoms with Gasteiger partial charge in [-0.1, -0.05) is 12.8 Å². The maximum atomic E-state index is 12.2. The first-order chi connectivity index (χ1) is 8.49. The highest BCUT2D eigenvalue weighted by molar-refractivity contribution is 5.92. The fourth-order valence-corrected chi connectivity index (χ4v) is 2.68. The Morgan fingerprint density at radius 2 is 1.67 bits per heavy atom. The second-order valence-electron chi connectivity index (χ2n) is 5.32. The van der Waals surface area contributed by atoms with Gasteiger partial charge < -0.3 is 20.9 Å². The molecular weight excluding hydrogens is 236 g/mol. The van der Waals surface area contributed by atoms with E-state index < -0.39 is 17.0 Å². The Labute approximate surface area is 106 Å². The summed E-state index contributed by atoms with van der Waals surface area (Å²) in [7, 11) is 0. The molecular formula is C12H20N2O4. The van der Waals surface area contributed by atoms with Gasteiger partial charge in [-0.2, -0.15) is 0 Å². The summed E-state index contributed by atoms with van der Waals surface area (Å²) in [6.45, 7) is 0.897. The standard InChI is InChI=1S/C12H20N2O4/c13-11(5-7-18-8-6-11)9(15)14-12(10(16)17)3-1-2-4-12/h1-8,13H2,(H,14,15)(H,16,17). The quantitative estimate of drug-likeness (QED) is 0.660. The smallest absolute Gasteiger partial charge is 0.329 e. The van der Waals surface area contributed by atoms with Crippen LogP contribution in [0.3, 0.4) is 0 Å². The van der Waals surface area contributed by atoms with Crippen molar-refractivity contribution in [3.8, 4) is 0 Å². The first kappa shape index (κ1) is 13.3. The van der Waals surface area contributed by atoms with Crippen molar-refractivity contribution in [2.45, 2.75) is 49.6 Å². The second-order valence-corrected chi connectivity index (χ2v) is 5.32. The van der Waals surface area contributed by atoms with Gasteiger partial charge in [0, 0.05) is 13.2 Å². The molecule has 6 heteroatoms. The van der Waals surface area contributed by atoms with Gasteiger partial charge in [0.05, 0.1) is 5.54 Å². The summed E-state index contributed by atoms with van der Waals surface area (Å²) in [6.07, 6.45) is 3.50. The van der Waals surface area contributed by atoms with Gasteiger partial charge in [-0.05, 0) is 25.7 Å². The molecule has 1 heterocycles. The number of nitrogens with two attached hydrogens (primary N) is 1. The number of carboxylic acids is 1. The molecule has 0 spiro atoms. The molecule has 1 aliphatic heterocycles. The molecule has 0 bridgehead atoms. The topological polar surface area (TPSA) is 102 Å². The first-order valence-electron chi connectivity index (χ1n) is 6.41. The molecule has 0 radical (unpaired) electrons. The van der Waals surface area contributed by atoms with E-state index in [4.69, 9.17) is 10.5 Å². The van der Waals surface area contributed by atoms with E-state index in [1.54, 1.807) is 0 Å². The van der Waals surface area contributed by atoms with E-state index in [9.17, 15) is 14.7 Å². The number of aliphatic carboxylic acids is 1. The van der Waals surface area contributed by atoms with Crippen LogP contribution in [-0.4, -0.2) is 41.3 Å². The highest BCUT2D eigenvalue weighted by Crippen LogP contribution is 2.31. The largest absolute Gasteiger partial charge is 0.480 e. The van der Waals surface area contributed by atoms with Crippen molar-refractivity contribution in [3.63, 3.8) is 0 Å². The number of nitrogens with one attached hydrogen (secondary N) is 1. The molecule has 1 saturated carbocycles. The molecule has 6 nitrogen and oxygen atoms in total. The Balaban J connectivity index is 2.07. The van der Waals surface area contributed by atoms with Gasteiger partial charge >= 0.3 is 5.97 Å². The fraction of sp³-hybridized carbons (Fsp3) is 0.833. The molecule has 0 aromatic rings. The van der Waals surface area contributed by atoms with Crippen molar-refractivity contribution in [2.75, 3.05) is 13.2 Å². The number of hydrogen-bond donors (Lipinski definition) is 3. The van der Waals surface area contributed by atoms with E-state index in [1.165, 1.54) is 0 Å². The zero-order valence-corrected chi connectivity index (χ0v) is 10.4. The minimum atomic E-state index is -1.11. The number of rotatable bonds is 3. The Kier molecular flexibility index (Phi) is 3.59. The normalized spacial score (nSPS) is 25.6. The maximum Gasteiger partial charge on any atom is 0.329 e. The first-order valence-corrected chi connectivity index (χ1v) is 6.41. The van der Waals surface area contributed by atoms with E-state index >= 15 is 0 Å². The Bertz CT molecular complexity index is 344. The van der Waals surface area contributed by atoms with Gasteiger partial charge in [0.2, 0.25) is 5.91 Å². The van der Waals surface area contributed by atoms with Crippen LogP contribution in [0.2, 0.25) is 0 Å². The fourth-order valence-electron chi connectivity index (χ4n) is 2.68. The van der Waals surface area contributed by atoms with E-state index in [0.717, 1.165) is 12.8 Å². The molecule has 2 fully saturated rings. The molecule has 2 aliphatic rings. The molecule has 0 aromatic heterocycles. The van der Waals surface area contributed by atoms with Gasteiger partial charge in [-0.25, -0.2) is 4.79 Å². The molecule has 0 atom stereocenters. The molecule has 1 aliphatic carbocycles. The lowest BCUT2D eigenvalue weighted by Gasteiger charge is -2.35. The zero-order valence-electron chi connectivity index (χ0n) is 10.4. The van der Waals surface area contributed by atoms with Crippen molar-refractivity contribution in [2.24, 2.45) is 5.73 Å². The van der Waals surface area contributed by atoms with Gasteiger partial charge in [-0.15, -0.1) is 0 Å². The summed E-state index contributed by atoms with van der Waals surface area (Å²) in [5.41, 5.74) is 3.96. The number of carboxylic acid groups (broad SMARTS) is 1. The van der Waals surface area contributed by atoms with Crippen LogP contribution in [-0.2, 0) is 14.3 Å². The van der Waals surface area contributed by atoms with Crippen LogP contribution in [0.1, 0.15) is 38.5 Å². The second kappa shape index (κ2) is 4.85. The zero-order chi connectivity index (χ0) is 13.2. The third kappa shape index (κ3) is 2.35. The highest BCUT2D eigenvalue weighted by Gasteiger charge is 2.46. The summed E-state index contributed by atoms with van der Waals surface area (Å²) >= 11 is 0. The van der Waals surface area contributed by atoms with Crippen molar-refractivity contribution < 1.29 is 19.4 Å². The van der Waals surface area contributed by atoms with Crippen LogP contribution < -0.4 is 11.1 Å². The summed E-state index contributed by atoms with van der Waals surface area (Å²) in [6, 6.07) is 0. The third-order valence-corrected chi connectivity index (χ3v) is 4.06. The lowest BCUT2D eigenvalue weighted by molar-refractivity contribution is -0.149. The summed E-state index contributed by atoms with van der Waals surface area (Å²) < 4.78 is 5.18. The number of amides is 1. The van der Waals surface area contributed by atoms with Gasteiger partial charge in [0.1, 0.15) is 5.54 Å². The molecule has 2 rings (SSSR count). The Morgan fingerprint density at radius 3 is 2.17 bits per heavy atom. The average Bonchev–Trinajstić information content (AvgIpc) is 2.80. The van der Waals surface area contributed by atoms with E-state index in [-0.39, 0.29) is 5.91 Å². The number of ether oxygens (including phenoxy) is 1.